The van der Waals surface area contributed by atoms with Crippen molar-refractivity contribution < 1.29 is 4.74 Å². The van der Waals surface area contributed by atoms with E-state index in [0.717, 1.165) is 32.5 Å². The van der Waals surface area contributed by atoms with Crippen LogP contribution in [0.1, 0.15) is 23.3 Å². The Morgan fingerprint density at radius 2 is 1.90 bits per heavy atom. The van der Waals surface area contributed by atoms with E-state index in [2.05, 4.69) is 53.3 Å². The molecule has 21 heavy (non-hydrogen) atoms. The zero-order valence-corrected chi connectivity index (χ0v) is 12.9. The zero-order valence-electron chi connectivity index (χ0n) is 12.1. The van der Waals surface area contributed by atoms with Gasteiger partial charge in [0.05, 0.1) is 0 Å². The van der Waals surface area contributed by atoms with Crippen LogP contribution in [-0.2, 0) is 16.6 Å². The van der Waals surface area contributed by atoms with Gasteiger partial charge in [-0.1, -0.05) is 36.4 Å². The third-order valence-electron chi connectivity index (χ3n) is 4.59. The first-order chi connectivity index (χ1) is 10.3. The summed E-state index contributed by atoms with van der Waals surface area (Å²) in [6, 6.07) is 15.3. The minimum Gasteiger partial charge on any atom is -0.381 e. The van der Waals surface area contributed by atoms with Gasteiger partial charge in [-0.15, -0.1) is 11.3 Å². The quantitative estimate of drug-likeness (QED) is 0.659. The molecule has 1 aromatic carbocycles. The number of hydrazine groups is 1. The molecule has 2 heterocycles. The third-order valence-corrected chi connectivity index (χ3v) is 5.49. The summed E-state index contributed by atoms with van der Waals surface area (Å²) in [6.07, 6.45) is 2.98. The topological polar surface area (TPSA) is 47.3 Å². The highest BCUT2D eigenvalue weighted by atomic mass is 32.1. The highest BCUT2D eigenvalue weighted by Gasteiger charge is 2.41. The number of nitrogens with one attached hydrogen (secondary N) is 1. The van der Waals surface area contributed by atoms with Crippen molar-refractivity contribution in [2.75, 3.05) is 13.2 Å². The van der Waals surface area contributed by atoms with E-state index < -0.39 is 0 Å². The molecule has 2 aromatic rings. The first-order valence-corrected chi connectivity index (χ1v) is 8.35. The van der Waals surface area contributed by atoms with E-state index in [1.54, 1.807) is 11.3 Å². The maximum atomic E-state index is 5.96. The van der Waals surface area contributed by atoms with E-state index in [9.17, 15) is 0 Å². The van der Waals surface area contributed by atoms with Gasteiger partial charge in [-0.25, -0.2) is 0 Å². The lowest BCUT2D eigenvalue weighted by atomic mass is 9.68. The lowest BCUT2D eigenvalue weighted by Gasteiger charge is -2.43. The molecule has 1 atom stereocenters. The normalized spacial score (nSPS) is 19.3. The second kappa shape index (κ2) is 6.71. The number of thiophene rings is 1. The van der Waals surface area contributed by atoms with Gasteiger partial charge in [-0.3, -0.25) is 11.3 Å². The van der Waals surface area contributed by atoms with E-state index in [0.29, 0.717) is 0 Å². The Balaban J connectivity index is 1.93. The van der Waals surface area contributed by atoms with Crippen LogP contribution < -0.4 is 11.3 Å². The lowest BCUT2D eigenvalue weighted by Crippen LogP contribution is -2.54. The summed E-state index contributed by atoms with van der Waals surface area (Å²) in [5, 5.41) is 2.13. The molecule has 3 N–H and O–H groups in total. The summed E-state index contributed by atoms with van der Waals surface area (Å²) < 4.78 is 5.61. The van der Waals surface area contributed by atoms with Gasteiger partial charge in [-0.2, -0.15) is 0 Å². The molecule has 0 radical (unpaired) electrons. The Morgan fingerprint density at radius 1 is 1.14 bits per heavy atom. The van der Waals surface area contributed by atoms with E-state index in [4.69, 9.17) is 10.6 Å². The molecule has 1 fully saturated rings. The summed E-state index contributed by atoms with van der Waals surface area (Å²) in [6.45, 7) is 1.61. The van der Waals surface area contributed by atoms with Gasteiger partial charge in [0.2, 0.25) is 0 Å². The standard InChI is InChI=1S/C17H22N2OS/c18-19-16(13-15-7-4-12-21-15)17(8-10-20-11-9-17)14-5-2-1-3-6-14/h1-7,12,16,19H,8-11,13,18H2. The molecule has 0 spiro atoms. The molecule has 0 aliphatic carbocycles. The van der Waals surface area contributed by atoms with Crippen LogP contribution in [0.4, 0.5) is 0 Å². The highest BCUT2D eigenvalue weighted by Crippen LogP contribution is 2.39. The molecule has 0 bridgehead atoms. The fraction of sp³-hybridized carbons (Fsp3) is 0.412. The summed E-state index contributed by atoms with van der Waals surface area (Å²) >= 11 is 1.80. The fourth-order valence-electron chi connectivity index (χ4n) is 3.39. The second-order valence-electron chi connectivity index (χ2n) is 5.64. The average molecular weight is 302 g/mol. The van der Waals surface area contributed by atoms with Crippen molar-refractivity contribution in [3.05, 3.63) is 58.3 Å². The molecular formula is C17H22N2OS. The smallest absolute Gasteiger partial charge is 0.0475 e. The largest absolute Gasteiger partial charge is 0.381 e. The van der Waals surface area contributed by atoms with Crippen molar-refractivity contribution in [3.8, 4) is 0 Å². The van der Waals surface area contributed by atoms with Crippen LogP contribution in [0.3, 0.4) is 0 Å². The van der Waals surface area contributed by atoms with Gasteiger partial charge >= 0.3 is 0 Å². The summed E-state index contributed by atoms with van der Waals surface area (Å²) in [4.78, 5) is 1.37. The van der Waals surface area contributed by atoms with Gasteiger partial charge in [0, 0.05) is 29.5 Å². The Morgan fingerprint density at radius 3 is 2.52 bits per heavy atom. The molecule has 1 aromatic heterocycles. The van der Waals surface area contributed by atoms with E-state index in [1.165, 1.54) is 10.4 Å². The van der Waals surface area contributed by atoms with Crippen molar-refractivity contribution in [1.29, 1.82) is 0 Å². The molecule has 3 rings (SSSR count). The van der Waals surface area contributed by atoms with Crippen LogP contribution in [0.15, 0.2) is 47.8 Å². The van der Waals surface area contributed by atoms with Crippen molar-refractivity contribution in [3.63, 3.8) is 0 Å². The van der Waals surface area contributed by atoms with Gasteiger partial charge < -0.3 is 4.74 Å². The van der Waals surface area contributed by atoms with Crippen molar-refractivity contribution in [2.45, 2.75) is 30.7 Å². The third kappa shape index (κ3) is 3.04. The minimum atomic E-state index is 0.0538. The average Bonchev–Trinajstić information content (AvgIpc) is 3.07. The summed E-state index contributed by atoms with van der Waals surface area (Å²) in [5.41, 5.74) is 4.52. The van der Waals surface area contributed by atoms with E-state index >= 15 is 0 Å². The monoisotopic (exact) mass is 302 g/mol. The number of hydrogen-bond acceptors (Lipinski definition) is 4. The Hall–Kier alpha value is -1.20. The SMILES string of the molecule is NNC(Cc1cccs1)C1(c2ccccc2)CCOCC1. The number of rotatable bonds is 5. The predicted molar refractivity (Wildman–Crippen MR) is 87.3 cm³/mol. The van der Waals surface area contributed by atoms with E-state index in [-0.39, 0.29) is 11.5 Å². The molecule has 112 valence electrons. The Labute approximate surface area is 130 Å². The van der Waals surface area contributed by atoms with Crippen LogP contribution in [-0.4, -0.2) is 19.3 Å². The van der Waals surface area contributed by atoms with Gasteiger partial charge in [0.15, 0.2) is 0 Å². The van der Waals surface area contributed by atoms with Crippen LogP contribution in [0.25, 0.3) is 0 Å². The van der Waals surface area contributed by atoms with Gasteiger partial charge in [-0.05, 0) is 36.3 Å². The maximum absolute atomic E-state index is 5.96. The van der Waals surface area contributed by atoms with E-state index in [1.807, 2.05) is 0 Å². The first-order valence-electron chi connectivity index (χ1n) is 7.47. The van der Waals surface area contributed by atoms with Gasteiger partial charge in [0.1, 0.15) is 0 Å². The molecule has 1 unspecified atom stereocenters. The Kier molecular flexibility index (Phi) is 4.70. The second-order valence-corrected chi connectivity index (χ2v) is 6.67. The van der Waals surface area contributed by atoms with Crippen molar-refractivity contribution >= 4 is 11.3 Å². The molecular weight excluding hydrogens is 280 g/mol. The Bertz CT molecular complexity index is 535. The van der Waals surface area contributed by atoms with Crippen LogP contribution in [0, 0.1) is 0 Å². The lowest BCUT2D eigenvalue weighted by molar-refractivity contribution is 0.0344. The van der Waals surface area contributed by atoms with Crippen molar-refractivity contribution in [1.82, 2.24) is 5.43 Å². The highest BCUT2D eigenvalue weighted by molar-refractivity contribution is 7.09. The fourth-order valence-corrected chi connectivity index (χ4v) is 4.14. The molecule has 1 saturated heterocycles. The molecule has 1 aliphatic rings. The molecule has 3 nitrogen and oxygen atoms in total. The summed E-state index contributed by atoms with van der Waals surface area (Å²) in [7, 11) is 0. The number of hydrogen-bond donors (Lipinski definition) is 2. The first kappa shape index (κ1) is 14.7. The van der Waals surface area contributed by atoms with Crippen LogP contribution in [0.2, 0.25) is 0 Å². The molecule has 1 aliphatic heterocycles. The predicted octanol–water partition coefficient (Wildman–Crippen LogP) is 2.87. The van der Waals surface area contributed by atoms with Crippen molar-refractivity contribution in [2.24, 2.45) is 5.84 Å². The maximum Gasteiger partial charge on any atom is 0.0475 e. The zero-order chi connectivity index (χ0) is 14.5. The minimum absolute atomic E-state index is 0.0538. The molecule has 4 heteroatoms. The van der Waals surface area contributed by atoms with Gasteiger partial charge in [0.25, 0.3) is 0 Å². The summed E-state index contributed by atoms with van der Waals surface area (Å²) in [5.74, 6) is 5.96. The number of nitrogens with two attached hydrogens (primary N) is 1. The van der Waals surface area contributed by atoms with Crippen LogP contribution in [0.5, 0.6) is 0 Å². The van der Waals surface area contributed by atoms with Crippen LogP contribution >= 0.6 is 11.3 Å². The number of ether oxygens (including phenoxy) is 1. The molecule has 0 amide bonds. The number of benzene rings is 1. The molecule has 0 saturated carbocycles.